The van der Waals surface area contributed by atoms with Gasteiger partial charge in [0.2, 0.25) is 5.91 Å². The molecule has 0 unspecified atom stereocenters. The molecule has 162 valence electrons. The minimum Gasteiger partial charge on any atom is -0.347 e. The Bertz CT molecular complexity index is 1090. The Morgan fingerprint density at radius 2 is 1.71 bits per heavy atom. The highest BCUT2D eigenvalue weighted by molar-refractivity contribution is 5.82. The third-order valence-electron chi connectivity index (χ3n) is 6.55. The second-order valence-electron chi connectivity index (χ2n) is 9.12. The lowest BCUT2D eigenvalue weighted by atomic mass is 9.83. The minimum atomic E-state index is -0.0520. The Morgan fingerprint density at radius 3 is 2.42 bits per heavy atom. The highest BCUT2D eigenvalue weighted by Gasteiger charge is 2.20. The van der Waals surface area contributed by atoms with Gasteiger partial charge in [0.25, 0.3) is 0 Å². The summed E-state index contributed by atoms with van der Waals surface area (Å²) in [5, 5.41) is 3.86. The van der Waals surface area contributed by atoms with Crippen molar-refractivity contribution >= 4 is 16.8 Å². The summed E-state index contributed by atoms with van der Waals surface area (Å²) in [4.78, 5) is 25.0. The topological polar surface area (TPSA) is 51.1 Å². The summed E-state index contributed by atoms with van der Waals surface area (Å²) >= 11 is 0. The number of hydrogen-bond donors (Lipinski definition) is 1. The van der Waals surface area contributed by atoms with E-state index < -0.39 is 0 Å². The number of carbonyl (C=O) groups excluding carboxylic acids is 1. The van der Waals surface area contributed by atoms with Crippen molar-refractivity contribution in [2.45, 2.75) is 64.5 Å². The van der Waals surface area contributed by atoms with Crippen LogP contribution in [-0.2, 0) is 11.3 Å². The van der Waals surface area contributed by atoms with Crippen LogP contribution in [0.15, 0.2) is 65.6 Å². The molecule has 1 aliphatic carbocycles. The van der Waals surface area contributed by atoms with E-state index in [1.165, 1.54) is 43.7 Å². The molecule has 1 fully saturated rings. The fourth-order valence-corrected chi connectivity index (χ4v) is 4.82. The molecule has 4 nitrogen and oxygen atoms in total. The second kappa shape index (κ2) is 9.51. The molecule has 4 rings (SSSR count). The van der Waals surface area contributed by atoms with Gasteiger partial charge in [0.15, 0.2) is 5.43 Å². The fourth-order valence-electron chi connectivity index (χ4n) is 4.82. The highest BCUT2D eigenvalue weighted by atomic mass is 16.2. The number of rotatable bonds is 6. The van der Waals surface area contributed by atoms with E-state index in [1.807, 2.05) is 22.8 Å². The zero-order valence-electron chi connectivity index (χ0n) is 18.5. The van der Waals surface area contributed by atoms with E-state index >= 15 is 0 Å². The first-order valence-electron chi connectivity index (χ1n) is 11.5. The average molecular weight is 417 g/mol. The van der Waals surface area contributed by atoms with Gasteiger partial charge < -0.3 is 9.88 Å². The Hall–Kier alpha value is -2.88. The SMILES string of the molecule is CC(C)[C@H](NC(=O)Cn1ccc(=O)c2ccccc21)c1ccc(C2CCCCC2)cc1. The van der Waals surface area contributed by atoms with Crippen molar-refractivity contribution < 1.29 is 4.79 Å². The molecule has 0 aliphatic heterocycles. The van der Waals surface area contributed by atoms with Crippen LogP contribution < -0.4 is 10.7 Å². The van der Waals surface area contributed by atoms with Crippen molar-refractivity contribution in [1.29, 1.82) is 0 Å². The summed E-state index contributed by atoms with van der Waals surface area (Å²) in [7, 11) is 0. The molecular formula is C27H32N2O2. The van der Waals surface area contributed by atoms with Gasteiger partial charge in [0.1, 0.15) is 6.54 Å². The lowest BCUT2D eigenvalue weighted by Gasteiger charge is -2.25. The van der Waals surface area contributed by atoms with Crippen LogP contribution in [0.5, 0.6) is 0 Å². The molecule has 0 radical (unpaired) electrons. The Labute approximate surface area is 184 Å². The summed E-state index contributed by atoms with van der Waals surface area (Å²) in [6.07, 6.45) is 8.30. The van der Waals surface area contributed by atoms with Crippen LogP contribution in [0.25, 0.3) is 10.9 Å². The van der Waals surface area contributed by atoms with E-state index in [0.29, 0.717) is 11.3 Å². The van der Waals surface area contributed by atoms with E-state index in [9.17, 15) is 9.59 Å². The first-order valence-corrected chi connectivity index (χ1v) is 11.5. The normalized spacial score (nSPS) is 15.8. The molecule has 2 aromatic carbocycles. The largest absolute Gasteiger partial charge is 0.347 e. The molecule has 1 saturated carbocycles. The fraction of sp³-hybridized carbons (Fsp3) is 0.407. The van der Waals surface area contributed by atoms with Gasteiger partial charge in [-0.2, -0.15) is 0 Å². The summed E-state index contributed by atoms with van der Waals surface area (Å²) in [5.41, 5.74) is 3.33. The number of aromatic nitrogens is 1. The molecule has 0 saturated heterocycles. The van der Waals surface area contributed by atoms with Gasteiger partial charge in [-0.05, 0) is 47.9 Å². The van der Waals surface area contributed by atoms with Gasteiger partial charge in [-0.1, -0.05) is 69.5 Å². The van der Waals surface area contributed by atoms with Crippen LogP contribution in [0.4, 0.5) is 0 Å². The number of nitrogens with zero attached hydrogens (tertiary/aromatic N) is 1. The minimum absolute atomic E-state index is 0.0228. The van der Waals surface area contributed by atoms with E-state index in [1.54, 1.807) is 12.3 Å². The first-order chi connectivity index (χ1) is 15.0. The van der Waals surface area contributed by atoms with E-state index in [0.717, 1.165) is 11.1 Å². The van der Waals surface area contributed by atoms with E-state index in [-0.39, 0.29) is 29.8 Å². The molecule has 1 amide bonds. The molecule has 1 aromatic heterocycles. The number of carbonyl (C=O) groups is 1. The maximum Gasteiger partial charge on any atom is 0.240 e. The van der Waals surface area contributed by atoms with E-state index in [4.69, 9.17) is 0 Å². The van der Waals surface area contributed by atoms with Gasteiger partial charge in [-0.15, -0.1) is 0 Å². The molecule has 4 heteroatoms. The summed E-state index contributed by atoms with van der Waals surface area (Å²) in [6, 6.07) is 17.8. The number of hydrogen-bond acceptors (Lipinski definition) is 2. The van der Waals surface area contributed by atoms with Crippen molar-refractivity contribution in [1.82, 2.24) is 9.88 Å². The number of benzene rings is 2. The smallest absolute Gasteiger partial charge is 0.240 e. The van der Waals surface area contributed by atoms with Crippen molar-refractivity contribution in [2.75, 3.05) is 0 Å². The predicted octanol–water partition coefficient (Wildman–Crippen LogP) is 5.56. The number of nitrogens with one attached hydrogen (secondary N) is 1. The average Bonchev–Trinajstić information content (AvgIpc) is 2.80. The lowest BCUT2D eigenvalue weighted by Crippen LogP contribution is -2.34. The quantitative estimate of drug-likeness (QED) is 0.572. The molecule has 1 N–H and O–H groups in total. The van der Waals surface area contributed by atoms with Crippen LogP contribution in [0.3, 0.4) is 0 Å². The van der Waals surface area contributed by atoms with Crippen LogP contribution in [-0.4, -0.2) is 10.5 Å². The van der Waals surface area contributed by atoms with Crippen LogP contribution in [0.1, 0.15) is 69.0 Å². The zero-order valence-corrected chi connectivity index (χ0v) is 18.5. The first kappa shape index (κ1) is 21.4. The maximum atomic E-state index is 12.9. The van der Waals surface area contributed by atoms with Crippen molar-refractivity contribution in [2.24, 2.45) is 5.92 Å². The van der Waals surface area contributed by atoms with E-state index in [2.05, 4.69) is 43.4 Å². The third-order valence-corrected chi connectivity index (χ3v) is 6.55. The summed E-state index contributed by atoms with van der Waals surface area (Å²) in [6.45, 7) is 4.45. The molecule has 1 atom stereocenters. The molecule has 0 bridgehead atoms. The number of fused-ring (bicyclic) bond motifs is 1. The third kappa shape index (κ3) is 4.90. The Kier molecular flexibility index (Phi) is 6.55. The van der Waals surface area contributed by atoms with Gasteiger partial charge >= 0.3 is 0 Å². The van der Waals surface area contributed by atoms with Gasteiger partial charge in [0.05, 0.1) is 11.6 Å². The van der Waals surface area contributed by atoms with Crippen molar-refractivity contribution in [3.63, 3.8) is 0 Å². The number of amides is 1. The number of para-hydroxylation sites is 1. The van der Waals surface area contributed by atoms with Crippen LogP contribution >= 0.6 is 0 Å². The monoisotopic (exact) mass is 416 g/mol. The standard InChI is InChI=1S/C27H32N2O2/c1-19(2)27(22-14-12-21(13-15-22)20-8-4-3-5-9-20)28-26(31)18-29-17-16-25(30)23-10-6-7-11-24(23)29/h6-7,10-17,19-20,27H,3-5,8-9,18H2,1-2H3,(H,28,31)/t27-/m0/s1. The van der Waals surface area contributed by atoms with Crippen molar-refractivity contribution in [3.05, 3.63) is 82.1 Å². The molecule has 0 spiro atoms. The molecule has 31 heavy (non-hydrogen) atoms. The maximum absolute atomic E-state index is 12.9. The molecular weight excluding hydrogens is 384 g/mol. The van der Waals surface area contributed by atoms with Gasteiger partial charge in [0, 0.05) is 17.6 Å². The van der Waals surface area contributed by atoms with Crippen molar-refractivity contribution in [3.8, 4) is 0 Å². The molecule has 1 heterocycles. The Balaban J connectivity index is 1.49. The second-order valence-corrected chi connectivity index (χ2v) is 9.12. The summed E-state index contributed by atoms with van der Waals surface area (Å²) in [5.74, 6) is 0.905. The molecule has 3 aromatic rings. The van der Waals surface area contributed by atoms with Crippen LogP contribution in [0, 0.1) is 5.92 Å². The highest BCUT2D eigenvalue weighted by Crippen LogP contribution is 2.33. The summed E-state index contributed by atoms with van der Waals surface area (Å²) < 4.78 is 1.84. The molecule has 1 aliphatic rings. The Morgan fingerprint density at radius 1 is 1.00 bits per heavy atom. The predicted molar refractivity (Wildman–Crippen MR) is 126 cm³/mol. The lowest BCUT2D eigenvalue weighted by molar-refractivity contribution is -0.122. The van der Waals surface area contributed by atoms with Crippen LogP contribution in [0.2, 0.25) is 0 Å². The van der Waals surface area contributed by atoms with Gasteiger partial charge in [-0.25, -0.2) is 0 Å². The van der Waals surface area contributed by atoms with Gasteiger partial charge in [-0.3, -0.25) is 9.59 Å². The number of pyridine rings is 1. The zero-order chi connectivity index (χ0) is 21.8.